The predicted octanol–water partition coefficient (Wildman–Crippen LogP) is 1.28. The van der Waals surface area contributed by atoms with Crippen LogP contribution in [0.1, 0.15) is 26.7 Å². The van der Waals surface area contributed by atoms with Crippen LogP contribution in [-0.2, 0) is 11.3 Å². The number of aromatic nitrogens is 2. The van der Waals surface area contributed by atoms with Gasteiger partial charge in [0, 0.05) is 11.7 Å². The van der Waals surface area contributed by atoms with Gasteiger partial charge in [0.25, 0.3) is 5.56 Å². The lowest BCUT2D eigenvalue weighted by Crippen LogP contribution is -2.37. The van der Waals surface area contributed by atoms with Crippen molar-refractivity contribution < 1.29 is 4.79 Å². The lowest BCUT2D eigenvalue weighted by molar-refractivity contribution is -0.122. The zero-order chi connectivity index (χ0) is 15.4. The van der Waals surface area contributed by atoms with Crippen LogP contribution in [-0.4, -0.2) is 21.5 Å². The first-order valence-electron chi connectivity index (χ1n) is 7.05. The number of hydrogen-bond acceptors (Lipinski definition) is 4. The van der Waals surface area contributed by atoms with Crippen LogP contribution < -0.4 is 16.6 Å². The summed E-state index contributed by atoms with van der Waals surface area (Å²) in [4.78, 5) is 28.4. The number of hydrogen-bond donors (Lipinski definition) is 2. The van der Waals surface area contributed by atoms with E-state index in [1.165, 1.54) is 10.9 Å². The second-order valence-corrected chi connectivity index (χ2v) is 5.21. The summed E-state index contributed by atoms with van der Waals surface area (Å²) in [6.07, 6.45) is 3.30. The van der Waals surface area contributed by atoms with Gasteiger partial charge in [0.15, 0.2) is 0 Å². The number of carbonyl (C=O) groups excluding carboxylic acids is 1. The summed E-state index contributed by atoms with van der Waals surface area (Å²) in [5, 5.41) is 3.29. The summed E-state index contributed by atoms with van der Waals surface area (Å²) in [6.45, 7) is 3.97. The van der Waals surface area contributed by atoms with Gasteiger partial charge in [0.05, 0.1) is 17.2 Å². The van der Waals surface area contributed by atoms with Gasteiger partial charge in [-0.2, -0.15) is 0 Å². The van der Waals surface area contributed by atoms with Gasteiger partial charge >= 0.3 is 0 Å². The third kappa shape index (κ3) is 3.59. The summed E-state index contributed by atoms with van der Waals surface area (Å²) >= 11 is 0. The summed E-state index contributed by atoms with van der Waals surface area (Å²) < 4.78 is 1.30. The number of amides is 1. The fraction of sp³-hybridized carbons (Fsp3) is 0.400. The van der Waals surface area contributed by atoms with Gasteiger partial charge in [0.2, 0.25) is 5.91 Å². The molecular weight excluding hydrogens is 268 g/mol. The highest BCUT2D eigenvalue weighted by atomic mass is 16.2. The maximum Gasteiger partial charge on any atom is 0.261 e. The molecule has 0 aliphatic rings. The van der Waals surface area contributed by atoms with Crippen molar-refractivity contribution in [2.75, 3.05) is 5.73 Å². The van der Waals surface area contributed by atoms with Crippen molar-refractivity contribution in [3.05, 3.63) is 34.9 Å². The van der Waals surface area contributed by atoms with Gasteiger partial charge < -0.3 is 11.1 Å². The third-order valence-electron chi connectivity index (χ3n) is 3.29. The minimum absolute atomic E-state index is 0.0371. The second kappa shape index (κ2) is 6.39. The maximum atomic E-state index is 12.3. The molecular formula is C15H20N4O2. The Bertz CT molecular complexity index is 708. The zero-order valence-electron chi connectivity index (χ0n) is 12.3. The molecule has 0 aliphatic carbocycles. The molecule has 3 N–H and O–H groups in total. The van der Waals surface area contributed by atoms with Crippen molar-refractivity contribution in [1.29, 1.82) is 0 Å². The van der Waals surface area contributed by atoms with E-state index >= 15 is 0 Å². The van der Waals surface area contributed by atoms with E-state index in [0.29, 0.717) is 16.6 Å². The van der Waals surface area contributed by atoms with Crippen molar-refractivity contribution >= 4 is 22.5 Å². The number of rotatable bonds is 5. The Morgan fingerprint density at radius 1 is 1.48 bits per heavy atom. The topological polar surface area (TPSA) is 90.0 Å². The van der Waals surface area contributed by atoms with Crippen molar-refractivity contribution in [2.24, 2.45) is 0 Å². The molecule has 1 aromatic heterocycles. The predicted molar refractivity (Wildman–Crippen MR) is 82.9 cm³/mol. The summed E-state index contributed by atoms with van der Waals surface area (Å²) in [5.74, 6) is -0.192. The van der Waals surface area contributed by atoms with E-state index in [9.17, 15) is 9.59 Å². The van der Waals surface area contributed by atoms with Crippen LogP contribution in [0.5, 0.6) is 0 Å². The van der Waals surface area contributed by atoms with E-state index in [1.54, 1.807) is 18.2 Å². The Hall–Kier alpha value is -2.37. The SMILES string of the molecule is CCCC(C)NC(=O)Cn1cnc2ccc(N)cc2c1=O. The maximum absolute atomic E-state index is 12.3. The number of benzene rings is 1. The Morgan fingerprint density at radius 3 is 2.95 bits per heavy atom. The van der Waals surface area contributed by atoms with Crippen LogP contribution in [0, 0.1) is 0 Å². The molecule has 0 saturated carbocycles. The Labute approximate surface area is 123 Å². The molecule has 2 rings (SSSR count). The van der Waals surface area contributed by atoms with Crippen LogP contribution in [0.25, 0.3) is 10.9 Å². The highest BCUT2D eigenvalue weighted by Gasteiger charge is 2.10. The zero-order valence-corrected chi connectivity index (χ0v) is 12.3. The standard InChI is InChI=1S/C15H20N4O2/c1-3-4-10(2)18-14(20)8-19-9-17-13-6-5-11(16)7-12(13)15(19)21/h5-7,9-10H,3-4,8,16H2,1-2H3,(H,18,20). The van der Waals surface area contributed by atoms with Crippen LogP contribution in [0.2, 0.25) is 0 Å². The molecule has 21 heavy (non-hydrogen) atoms. The fourth-order valence-corrected chi connectivity index (χ4v) is 2.27. The molecule has 6 nitrogen and oxygen atoms in total. The van der Waals surface area contributed by atoms with Gasteiger partial charge in [-0.3, -0.25) is 14.2 Å². The van der Waals surface area contributed by atoms with Gasteiger partial charge in [-0.1, -0.05) is 13.3 Å². The fourth-order valence-electron chi connectivity index (χ4n) is 2.27. The first-order chi connectivity index (χ1) is 10.0. The molecule has 0 spiro atoms. The highest BCUT2D eigenvalue weighted by Crippen LogP contribution is 2.10. The normalized spacial score (nSPS) is 12.3. The number of nitrogens with one attached hydrogen (secondary N) is 1. The number of nitrogen functional groups attached to an aromatic ring is 1. The highest BCUT2D eigenvalue weighted by molar-refractivity contribution is 5.81. The molecule has 0 radical (unpaired) electrons. The number of carbonyl (C=O) groups is 1. The molecule has 112 valence electrons. The molecule has 2 aromatic rings. The monoisotopic (exact) mass is 288 g/mol. The smallest absolute Gasteiger partial charge is 0.261 e. The number of nitrogens with two attached hydrogens (primary N) is 1. The van der Waals surface area contributed by atoms with Crippen molar-refractivity contribution in [1.82, 2.24) is 14.9 Å². The minimum Gasteiger partial charge on any atom is -0.399 e. The quantitative estimate of drug-likeness (QED) is 0.811. The van der Waals surface area contributed by atoms with Gasteiger partial charge in [-0.15, -0.1) is 0 Å². The van der Waals surface area contributed by atoms with E-state index in [0.717, 1.165) is 12.8 Å². The molecule has 1 heterocycles. The second-order valence-electron chi connectivity index (χ2n) is 5.21. The first-order valence-corrected chi connectivity index (χ1v) is 7.05. The molecule has 0 saturated heterocycles. The Morgan fingerprint density at radius 2 is 2.24 bits per heavy atom. The molecule has 1 atom stereocenters. The minimum atomic E-state index is -0.259. The van der Waals surface area contributed by atoms with Gasteiger partial charge in [-0.25, -0.2) is 4.98 Å². The third-order valence-corrected chi connectivity index (χ3v) is 3.29. The van der Waals surface area contributed by atoms with E-state index in [1.807, 2.05) is 6.92 Å². The number of fused-ring (bicyclic) bond motifs is 1. The number of nitrogens with zero attached hydrogens (tertiary/aromatic N) is 2. The molecule has 1 unspecified atom stereocenters. The number of anilines is 1. The van der Waals surface area contributed by atoms with Crippen LogP contribution in [0.15, 0.2) is 29.3 Å². The Balaban J connectivity index is 2.21. The first kappa shape index (κ1) is 15.0. The van der Waals surface area contributed by atoms with Crippen LogP contribution in [0.3, 0.4) is 0 Å². The van der Waals surface area contributed by atoms with E-state index in [4.69, 9.17) is 5.73 Å². The summed E-state index contributed by atoms with van der Waals surface area (Å²) in [6, 6.07) is 5.07. The van der Waals surface area contributed by atoms with Crippen molar-refractivity contribution in [2.45, 2.75) is 39.3 Å². The lowest BCUT2D eigenvalue weighted by Gasteiger charge is -2.13. The van der Waals surface area contributed by atoms with Gasteiger partial charge in [-0.05, 0) is 31.5 Å². The van der Waals surface area contributed by atoms with E-state index in [-0.39, 0.29) is 24.1 Å². The van der Waals surface area contributed by atoms with Crippen LogP contribution in [0.4, 0.5) is 5.69 Å². The van der Waals surface area contributed by atoms with E-state index in [2.05, 4.69) is 17.2 Å². The Kier molecular flexibility index (Phi) is 4.57. The molecule has 6 heteroatoms. The molecule has 0 aliphatic heterocycles. The molecule has 1 amide bonds. The van der Waals surface area contributed by atoms with Crippen molar-refractivity contribution in [3.8, 4) is 0 Å². The summed E-state index contributed by atoms with van der Waals surface area (Å²) in [7, 11) is 0. The average Bonchev–Trinajstić information content (AvgIpc) is 2.42. The molecule has 0 bridgehead atoms. The molecule has 0 fully saturated rings. The van der Waals surface area contributed by atoms with Gasteiger partial charge in [0.1, 0.15) is 6.54 Å². The lowest BCUT2D eigenvalue weighted by atomic mass is 10.2. The van der Waals surface area contributed by atoms with Crippen molar-refractivity contribution in [3.63, 3.8) is 0 Å². The molecule has 1 aromatic carbocycles. The average molecular weight is 288 g/mol. The summed E-state index contributed by atoms with van der Waals surface area (Å²) in [5.41, 5.74) is 6.50. The van der Waals surface area contributed by atoms with Crippen LogP contribution >= 0.6 is 0 Å². The largest absolute Gasteiger partial charge is 0.399 e. The van der Waals surface area contributed by atoms with E-state index < -0.39 is 0 Å².